The SMILES string of the molecule is O=C(O)[C@H](O)[C@@H](O)[C@H](O)[C@H](O)CO.[CaH2].[MgH2]. The van der Waals surface area contributed by atoms with Gasteiger partial charge in [-0.25, -0.2) is 4.79 Å². The number of rotatable bonds is 5. The first-order chi connectivity index (χ1) is 5.91. The van der Waals surface area contributed by atoms with Crippen molar-refractivity contribution in [2.24, 2.45) is 0 Å². The predicted octanol–water partition coefficient (Wildman–Crippen LogP) is -5.33. The van der Waals surface area contributed by atoms with Crippen molar-refractivity contribution in [3.05, 3.63) is 0 Å². The molecule has 4 atom stereocenters. The number of aliphatic carboxylic acids is 1. The van der Waals surface area contributed by atoms with Crippen LogP contribution < -0.4 is 0 Å². The third-order valence-corrected chi connectivity index (χ3v) is 1.51. The zero-order chi connectivity index (χ0) is 10.6. The summed E-state index contributed by atoms with van der Waals surface area (Å²) in [6.07, 6.45) is -7.84. The summed E-state index contributed by atoms with van der Waals surface area (Å²) >= 11 is 0. The number of carboxylic acid groups (broad SMARTS) is 1. The van der Waals surface area contributed by atoms with Gasteiger partial charge in [0.05, 0.1) is 6.61 Å². The van der Waals surface area contributed by atoms with Crippen molar-refractivity contribution in [2.75, 3.05) is 6.61 Å². The van der Waals surface area contributed by atoms with Crippen LogP contribution in [0.2, 0.25) is 0 Å². The molecule has 0 bridgehead atoms. The van der Waals surface area contributed by atoms with Gasteiger partial charge >= 0.3 is 66.8 Å². The van der Waals surface area contributed by atoms with Crippen LogP contribution in [0.3, 0.4) is 0 Å². The molecule has 15 heavy (non-hydrogen) atoms. The standard InChI is InChI=1S/C6H12O7.Ca.Mg.4H/c7-1-2(8)3(9)4(10)5(11)6(12)13;;;;;;/h2-5,7-11H,1H2,(H,12,13);;;;;;/t2-,3-,4+,5-;;;;;;/m1....../s1. The van der Waals surface area contributed by atoms with Crippen LogP contribution in [0, 0.1) is 0 Å². The summed E-state index contributed by atoms with van der Waals surface area (Å²) in [6, 6.07) is 0. The third kappa shape index (κ3) is 7.26. The van der Waals surface area contributed by atoms with Gasteiger partial charge in [-0.15, -0.1) is 0 Å². The van der Waals surface area contributed by atoms with Gasteiger partial charge in [-0.2, -0.15) is 0 Å². The maximum atomic E-state index is 10.1. The summed E-state index contributed by atoms with van der Waals surface area (Å²) in [5.74, 6) is -1.73. The van der Waals surface area contributed by atoms with Gasteiger partial charge in [-0.3, -0.25) is 0 Å². The maximum absolute atomic E-state index is 10.1. The molecule has 0 spiro atoms. The first-order valence-corrected chi connectivity index (χ1v) is 3.47. The zero-order valence-corrected chi connectivity index (χ0v) is 6.61. The summed E-state index contributed by atoms with van der Waals surface area (Å²) in [5, 5.41) is 51.8. The van der Waals surface area contributed by atoms with Crippen LogP contribution in [0.15, 0.2) is 0 Å². The first kappa shape index (κ1) is 21.6. The van der Waals surface area contributed by atoms with Crippen LogP contribution in [0.5, 0.6) is 0 Å². The van der Waals surface area contributed by atoms with Gasteiger partial charge in [-0.05, 0) is 0 Å². The Balaban J connectivity index is -0.000000720. The van der Waals surface area contributed by atoms with Crippen LogP contribution in [0.4, 0.5) is 0 Å². The van der Waals surface area contributed by atoms with E-state index in [0.29, 0.717) is 0 Å². The molecule has 0 aromatic heterocycles. The minimum atomic E-state index is -2.20. The second kappa shape index (κ2) is 10.4. The molecule has 0 saturated carbocycles. The molecule has 0 aromatic carbocycles. The van der Waals surface area contributed by atoms with Gasteiger partial charge in [0, 0.05) is 0 Å². The van der Waals surface area contributed by atoms with Crippen molar-refractivity contribution in [2.45, 2.75) is 24.4 Å². The molecular formula is C6H16CaMgO7. The van der Waals surface area contributed by atoms with E-state index in [0.717, 1.165) is 0 Å². The van der Waals surface area contributed by atoms with E-state index >= 15 is 0 Å². The molecule has 0 unspecified atom stereocenters. The van der Waals surface area contributed by atoms with E-state index in [9.17, 15) is 4.79 Å². The number of carboxylic acids is 1. The zero-order valence-electron chi connectivity index (χ0n) is 6.61. The molecule has 0 aliphatic rings. The third-order valence-electron chi connectivity index (χ3n) is 1.51. The van der Waals surface area contributed by atoms with Gasteiger partial charge in [0.1, 0.15) is 18.3 Å². The van der Waals surface area contributed by atoms with E-state index in [1.807, 2.05) is 0 Å². The Morgan fingerprint density at radius 2 is 1.47 bits per heavy atom. The van der Waals surface area contributed by atoms with E-state index in [4.69, 9.17) is 30.6 Å². The van der Waals surface area contributed by atoms with E-state index in [1.165, 1.54) is 0 Å². The number of hydrogen-bond donors (Lipinski definition) is 6. The number of aliphatic hydroxyl groups excluding tert-OH is 5. The quantitative estimate of drug-likeness (QED) is 0.273. The molecule has 9 heteroatoms. The minimum Gasteiger partial charge on any atom is 0.316 e. The van der Waals surface area contributed by atoms with Crippen LogP contribution in [0.1, 0.15) is 0 Å². The summed E-state index contributed by atoms with van der Waals surface area (Å²) in [6.45, 7) is -0.843. The minimum absolute atomic E-state index is 0. The molecule has 0 heterocycles. The van der Waals surface area contributed by atoms with Crippen molar-refractivity contribution >= 4 is 66.8 Å². The molecule has 6 N–H and O–H groups in total. The van der Waals surface area contributed by atoms with Gasteiger partial charge in [0.2, 0.25) is 0 Å². The molecule has 0 aromatic rings. The molecule has 86 valence electrons. The number of carbonyl (C=O) groups is 1. The molecule has 0 amide bonds. The average molecular weight is 265 g/mol. The van der Waals surface area contributed by atoms with E-state index < -0.39 is 37.0 Å². The van der Waals surface area contributed by atoms with Crippen molar-refractivity contribution in [1.82, 2.24) is 0 Å². The Labute approximate surface area is 132 Å². The normalized spacial score (nSPS) is 17.7. The number of aliphatic hydroxyl groups is 5. The smallest absolute Gasteiger partial charge is 0.316 e. The Bertz CT molecular complexity index is 181. The summed E-state index contributed by atoms with van der Waals surface area (Å²) in [7, 11) is 0. The van der Waals surface area contributed by atoms with Crippen LogP contribution in [-0.4, -0.2) is 128 Å². The molecule has 7 nitrogen and oxygen atoms in total. The number of hydrogen-bond acceptors (Lipinski definition) is 6. The molecular weight excluding hydrogens is 248 g/mol. The van der Waals surface area contributed by atoms with Gasteiger partial charge in [0.15, 0.2) is 6.10 Å². The van der Waals surface area contributed by atoms with Crippen molar-refractivity contribution in [3.63, 3.8) is 0 Å². The molecule has 0 fully saturated rings. The van der Waals surface area contributed by atoms with E-state index in [2.05, 4.69) is 0 Å². The topological polar surface area (TPSA) is 138 Å². The largest absolute Gasteiger partial charge is 0.316 e. The summed E-state index contributed by atoms with van der Waals surface area (Å²) < 4.78 is 0. The molecule has 0 aliphatic heterocycles. The first-order valence-electron chi connectivity index (χ1n) is 3.47. The van der Waals surface area contributed by atoms with Crippen molar-refractivity contribution in [3.8, 4) is 0 Å². The summed E-state index contributed by atoms with van der Waals surface area (Å²) in [5.41, 5.74) is 0. The van der Waals surface area contributed by atoms with Gasteiger partial charge < -0.3 is 30.6 Å². The fraction of sp³-hybridized carbons (Fsp3) is 0.833. The molecule has 0 rings (SSSR count). The maximum Gasteiger partial charge on any atom is 0.316 e. The van der Waals surface area contributed by atoms with E-state index in [1.54, 1.807) is 0 Å². The average Bonchev–Trinajstić information content (AvgIpc) is 2.12. The van der Waals surface area contributed by atoms with Gasteiger partial charge in [0.25, 0.3) is 0 Å². The second-order valence-corrected chi connectivity index (χ2v) is 2.51. The Kier molecular flexibility index (Phi) is 15.0. The molecule has 0 aliphatic carbocycles. The van der Waals surface area contributed by atoms with Crippen molar-refractivity contribution in [1.29, 1.82) is 0 Å². The predicted molar refractivity (Wildman–Crippen MR) is 55.8 cm³/mol. The van der Waals surface area contributed by atoms with Crippen LogP contribution in [0.25, 0.3) is 0 Å². The van der Waals surface area contributed by atoms with Crippen LogP contribution in [-0.2, 0) is 4.79 Å². The Morgan fingerprint density at radius 3 is 1.73 bits per heavy atom. The Morgan fingerprint density at radius 1 is 1.07 bits per heavy atom. The van der Waals surface area contributed by atoms with Crippen molar-refractivity contribution < 1.29 is 35.4 Å². The van der Waals surface area contributed by atoms with Crippen LogP contribution >= 0.6 is 0 Å². The molecule has 0 saturated heterocycles. The molecule has 0 radical (unpaired) electrons. The second-order valence-electron chi connectivity index (χ2n) is 2.51. The Hall–Kier alpha value is 1.30. The fourth-order valence-corrected chi connectivity index (χ4v) is 0.668. The van der Waals surface area contributed by atoms with Gasteiger partial charge in [-0.1, -0.05) is 0 Å². The monoisotopic (exact) mass is 264 g/mol. The van der Waals surface area contributed by atoms with E-state index in [-0.39, 0.29) is 60.8 Å². The fourth-order valence-electron chi connectivity index (χ4n) is 0.668. The summed E-state index contributed by atoms with van der Waals surface area (Å²) in [4.78, 5) is 10.1.